The summed E-state index contributed by atoms with van der Waals surface area (Å²) >= 11 is 1.53. The van der Waals surface area contributed by atoms with Crippen molar-refractivity contribution in [3.05, 3.63) is 29.8 Å². The zero-order chi connectivity index (χ0) is 14.3. The highest BCUT2D eigenvalue weighted by atomic mass is 32.2. The first-order chi connectivity index (χ1) is 9.04. The number of nitrogens with two attached hydrogens (primary N) is 2. The molecule has 0 fully saturated rings. The number of rotatable bonds is 7. The van der Waals surface area contributed by atoms with Crippen molar-refractivity contribution in [2.24, 2.45) is 11.5 Å². The predicted molar refractivity (Wildman–Crippen MR) is 79.2 cm³/mol. The van der Waals surface area contributed by atoms with Gasteiger partial charge in [-0.1, -0.05) is 19.1 Å². The number of hydrogen-bond acceptors (Lipinski definition) is 4. The van der Waals surface area contributed by atoms with E-state index in [4.69, 9.17) is 11.5 Å². The lowest BCUT2D eigenvalue weighted by Gasteiger charge is -2.11. The molecule has 0 aromatic heterocycles. The van der Waals surface area contributed by atoms with E-state index < -0.39 is 5.91 Å². The van der Waals surface area contributed by atoms with Crippen LogP contribution in [0.15, 0.2) is 24.3 Å². The molecule has 0 aliphatic heterocycles. The average Bonchev–Trinajstić information content (AvgIpc) is 2.37. The predicted octanol–water partition coefficient (Wildman–Crippen LogP) is 1.19. The second-order valence-corrected chi connectivity index (χ2v) is 5.58. The number of thioether (sulfide) groups is 1. The minimum Gasteiger partial charge on any atom is -0.366 e. The molecule has 2 amide bonds. The van der Waals surface area contributed by atoms with Crippen molar-refractivity contribution in [3.8, 4) is 0 Å². The van der Waals surface area contributed by atoms with Crippen LogP contribution >= 0.6 is 11.8 Å². The van der Waals surface area contributed by atoms with Crippen molar-refractivity contribution in [2.75, 3.05) is 17.6 Å². The van der Waals surface area contributed by atoms with Crippen LogP contribution in [0.3, 0.4) is 0 Å². The van der Waals surface area contributed by atoms with Crippen molar-refractivity contribution in [2.45, 2.75) is 18.6 Å². The van der Waals surface area contributed by atoms with Gasteiger partial charge in [0.05, 0.1) is 17.0 Å². The van der Waals surface area contributed by atoms with Crippen LogP contribution in [0.2, 0.25) is 0 Å². The maximum Gasteiger partial charge on any atom is 0.250 e. The standard InChI is InChI=1S/C13H19N3O2S/c1-9(6-7-14)19-8-12(17)16-11-5-3-2-4-10(11)13(15)18/h2-5,9H,6-8,14H2,1H3,(H2,15,18)(H,16,17). The molecular weight excluding hydrogens is 262 g/mol. The molecule has 0 aliphatic rings. The van der Waals surface area contributed by atoms with E-state index in [1.807, 2.05) is 6.92 Å². The maximum atomic E-state index is 11.8. The third-order valence-electron chi connectivity index (χ3n) is 2.54. The number of anilines is 1. The van der Waals surface area contributed by atoms with Crippen LogP contribution in [0.25, 0.3) is 0 Å². The fourth-order valence-electron chi connectivity index (χ4n) is 1.53. The van der Waals surface area contributed by atoms with Crippen molar-refractivity contribution in [1.29, 1.82) is 0 Å². The minimum absolute atomic E-state index is 0.150. The van der Waals surface area contributed by atoms with E-state index in [1.54, 1.807) is 24.3 Å². The Morgan fingerprint density at radius 3 is 2.68 bits per heavy atom. The normalized spacial score (nSPS) is 11.9. The molecule has 6 heteroatoms. The Labute approximate surface area is 117 Å². The first-order valence-electron chi connectivity index (χ1n) is 6.05. The second kappa shape index (κ2) is 7.81. The zero-order valence-corrected chi connectivity index (χ0v) is 11.7. The highest BCUT2D eigenvalue weighted by Gasteiger charge is 2.11. The third kappa shape index (κ3) is 5.32. The number of carbonyl (C=O) groups excluding carboxylic acids is 2. The number of nitrogens with one attached hydrogen (secondary N) is 1. The van der Waals surface area contributed by atoms with E-state index in [9.17, 15) is 9.59 Å². The topological polar surface area (TPSA) is 98.2 Å². The van der Waals surface area contributed by atoms with E-state index in [2.05, 4.69) is 5.32 Å². The molecule has 5 N–H and O–H groups in total. The van der Waals surface area contributed by atoms with Gasteiger partial charge in [0.1, 0.15) is 0 Å². The summed E-state index contributed by atoms with van der Waals surface area (Å²) in [5.41, 5.74) is 11.5. The molecule has 19 heavy (non-hydrogen) atoms. The highest BCUT2D eigenvalue weighted by Crippen LogP contribution is 2.17. The van der Waals surface area contributed by atoms with Gasteiger partial charge in [0.2, 0.25) is 5.91 Å². The minimum atomic E-state index is -0.556. The van der Waals surface area contributed by atoms with Crippen LogP contribution in [0.1, 0.15) is 23.7 Å². The molecule has 1 aromatic carbocycles. The number of amides is 2. The Morgan fingerprint density at radius 1 is 1.37 bits per heavy atom. The molecule has 0 saturated heterocycles. The molecule has 0 saturated carbocycles. The first kappa shape index (κ1) is 15.5. The van der Waals surface area contributed by atoms with E-state index in [0.29, 0.717) is 28.8 Å². The molecule has 0 spiro atoms. The van der Waals surface area contributed by atoms with Gasteiger partial charge in [0, 0.05) is 5.25 Å². The summed E-state index contributed by atoms with van der Waals surface area (Å²) in [4.78, 5) is 23.0. The molecule has 0 bridgehead atoms. The van der Waals surface area contributed by atoms with Crippen LogP contribution in [0.4, 0.5) is 5.69 Å². The molecular formula is C13H19N3O2S. The van der Waals surface area contributed by atoms with E-state index >= 15 is 0 Å². The summed E-state index contributed by atoms with van der Waals surface area (Å²) in [6, 6.07) is 6.69. The fourth-order valence-corrected chi connectivity index (χ4v) is 2.34. The van der Waals surface area contributed by atoms with Gasteiger partial charge in [0.15, 0.2) is 0 Å². The van der Waals surface area contributed by atoms with Crippen LogP contribution in [0, 0.1) is 0 Å². The second-order valence-electron chi connectivity index (χ2n) is 4.16. The van der Waals surface area contributed by atoms with Crippen LogP contribution in [-0.2, 0) is 4.79 Å². The molecule has 5 nitrogen and oxygen atoms in total. The number of hydrogen-bond donors (Lipinski definition) is 3. The third-order valence-corrected chi connectivity index (χ3v) is 3.77. The summed E-state index contributed by atoms with van der Waals surface area (Å²) in [6.45, 7) is 2.64. The molecule has 104 valence electrons. The van der Waals surface area contributed by atoms with E-state index in [1.165, 1.54) is 11.8 Å². The lowest BCUT2D eigenvalue weighted by molar-refractivity contribution is -0.113. The SMILES string of the molecule is CC(CCN)SCC(=O)Nc1ccccc1C(N)=O. The molecule has 0 aliphatic carbocycles. The van der Waals surface area contributed by atoms with Crippen molar-refractivity contribution in [3.63, 3.8) is 0 Å². The zero-order valence-electron chi connectivity index (χ0n) is 10.9. The number of benzene rings is 1. The van der Waals surface area contributed by atoms with Gasteiger partial charge in [-0.3, -0.25) is 9.59 Å². The Bertz CT molecular complexity index is 451. The van der Waals surface area contributed by atoms with Gasteiger partial charge in [-0.2, -0.15) is 0 Å². The Kier molecular flexibility index (Phi) is 6.38. The Hall–Kier alpha value is -1.53. The lowest BCUT2D eigenvalue weighted by Crippen LogP contribution is -2.20. The van der Waals surface area contributed by atoms with Gasteiger partial charge >= 0.3 is 0 Å². The number of para-hydroxylation sites is 1. The number of carbonyl (C=O) groups is 2. The van der Waals surface area contributed by atoms with Crippen molar-refractivity contribution in [1.82, 2.24) is 0 Å². The fraction of sp³-hybridized carbons (Fsp3) is 0.385. The summed E-state index contributed by atoms with van der Waals surface area (Å²) in [6.07, 6.45) is 0.871. The van der Waals surface area contributed by atoms with Gasteiger partial charge in [0.25, 0.3) is 5.91 Å². The average molecular weight is 281 g/mol. The maximum absolute atomic E-state index is 11.8. The summed E-state index contributed by atoms with van der Waals surface area (Å²) in [7, 11) is 0. The molecule has 1 atom stereocenters. The summed E-state index contributed by atoms with van der Waals surface area (Å²) in [5, 5.41) is 3.03. The quantitative estimate of drug-likeness (QED) is 0.699. The monoisotopic (exact) mass is 281 g/mol. The van der Waals surface area contributed by atoms with Gasteiger partial charge in [-0.25, -0.2) is 0 Å². The first-order valence-corrected chi connectivity index (χ1v) is 7.09. The molecule has 1 aromatic rings. The van der Waals surface area contributed by atoms with Crippen molar-refractivity contribution < 1.29 is 9.59 Å². The van der Waals surface area contributed by atoms with Gasteiger partial charge in [-0.05, 0) is 25.1 Å². The summed E-state index contributed by atoms with van der Waals surface area (Å²) < 4.78 is 0. The summed E-state index contributed by atoms with van der Waals surface area (Å²) in [5.74, 6) is -0.378. The molecule has 1 unspecified atom stereocenters. The molecule has 0 radical (unpaired) electrons. The van der Waals surface area contributed by atoms with Crippen LogP contribution in [0.5, 0.6) is 0 Å². The highest BCUT2D eigenvalue weighted by molar-refractivity contribution is 8.00. The largest absolute Gasteiger partial charge is 0.366 e. The van der Waals surface area contributed by atoms with Crippen molar-refractivity contribution >= 4 is 29.3 Å². The number of primary amides is 1. The Morgan fingerprint density at radius 2 is 2.05 bits per heavy atom. The van der Waals surface area contributed by atoms with Crippen LogP contribution in [-0.4, -0.2) is 29.4 Å². The molecule has 0 heterocycles. The van der Waals surface area contributed by atoms with Gasteiger partial charge in [-0.15, -0.1) is 11.8 Å². The van der Waals surface area contributed by atoms with E-state index in [0.717, 1.165) is 6.42 Å². The molecule has 1 rings (SSSR count). The van der Waals surface area contributed by atoms with E-state index in [-0.39, 0.29) is 5.91 Å². The van der Waals surface area contributed by atoms with Gasteiger partial charge < -0.3 is 16.8 Å². The Balaban J connectivity index is 2.55. The smallest absolute Gasteiger partial charge is 0.250 e. The lowest BCUT2D eigenvalue weighted by atomic mass is 10.1. The van der Waals surface area contributed by atoms with Crippen LogP contribution < -0.4 is 16.8 Å².